The van der Waals surface area contributed by atoms with E-state index >= 15 is 0 Å². The van der Waals surface area contributed by atoms with Crippen LogP contribution in [0, 0.1) is 0 Å². The van der Waals surface area contributed by atoms with Crippen LogP contribution < -0.4 is 0 Å². The largest absolute Gasteiger partial charge is 0.466 e. The number of hydrogen-bond donors (Lipinski definition) is 0. The first kappa shape index (κ1) is 21.8. The van der Waals surface area contributed by atoms with E-state index in [1.807, 2.05) is 30.3 Å². The molecule has 4 rings (SSSR count). The Kier molecular flexibility index (Phi) is 6.24. The first-order valence-corrected chi connectivity index (χ1v) is 11.8. The molecule has 1 aromatic rings. The molecule has 4 atom stereocenters. The molecule has 2 heterocycles. The molecule has 3 fully saturated rings. The van der Waals surface area contributed by atoms with Gasteiger partial charge in [0.05, 0.1) is 25.2 Å². The van der Waals surface area contributed by atoms with Gasteiger partial charge in [0.25, 0.3) is 0 Å². The van der Waals surface area contributed by atoms with Gasteiger partial charge in [-0.15, -0.1) is 0 Å². The van der Waals surface area contributed by atoms with E-state index in [-0.39, 0.29) is 36.5 Å². The monoisotopic (exact) mass is 479 g/mol. The van der Waals surface area contributed by atoms with E-state index in [0.717, 1.165) is 37.7 Å². The number of rotatable bonds is 7. The summed E-state index contributed by atoms with van der Waals surface area (Å²) in [5.74, 6) is -0.900. The van der Waals surface area contributed by atoms with E-state index in [0.29, 0.717) is 13.2 Å². The lowest BCUT2D eigenvalue weighted by Gasteiger charge is -2.56. The number of hydrogen-bond acceptors (Lipinski definition) is 5. The number of ether oxygens (including phenoxy) is 3. The molecule has 1 spiro atoms. The minimum Gasteiger partial charge on any atom is -0.466 e. The van der Waals surface area contributed by atoms with Crippen LogP contribution in [0.5, 0.6) is 0 Å². The fraction of sp³-hybridized carbons (Fsp3) is 0.652. The van der Waals surface area contributed by atoms with Crippen molar-refractivity contribution in [3.63, 3.8) is 0 Å². The zero-order chi connectivity index (χ0) is 21.4. The van der Waals surface area contributed by atoms with E-state index in [4.69, 9.17) is 14.2 Å². The standard InChI is InChI=1S/C23H30BrNO5/c1-3-17-20(30-22(29-17)13-8-9-14-22)23(24)19(16-10-6-5-7-11-16)25(21(23)27)15-12-18(26)28-4-2/h5-7,10-11,17,19-20H,3-4,8-9,12-15H2,1-2H3/t17-,19-,20-,23-/m0/s1. The van der Waals surface area contributed by atoms with Crippen LogP contribution in [0.3, 0.4) is 0 Å². The van der Waals surface area contributed by atoms with Gasteiger partial charge in [0.1, 0.15) is 6.10 Å². The molecule has 7 heteroatoms. The summed E-state index contributed by atoms with van der Waals surface area (Å²) < 4.78 is 17.1. The fourth-order valence-corrected chi connectivity index (χ4v) is 6.23. The number of carbonyl (C=O) groups is 2. The first-order valence-electron chi connectivity index (χ1n) is 11.0. The van der Waals surface area contributed by atoms with Gasteiger partial charge in [0.2, 0.25) is 5.91 Å². The Morgan fingerprint density at radius 1 is 1.20 bits per heavy atom. The SMILES string of the molecule is CCOC(=O)CCN1C(=O)[C@@](Br)([C@H]2OC3(CCCC3)O[C@H]2CC)[C@@H]1c1ccccc1. The average Bonchev–Trinajstić information content (AvgIpc) is 3.37. The smallest absolute Gasteiger partial charge is 0.307 e. The average molecular weight is 480 g/mol. The number of halogens is 1. The van der Waals surface area contributed by atoms with Gasteiger partial charge in [0.15, 0.2) is 10.1 Å². The summed E-state index contributed by atoms with van der Waals surface area (Å²) in [6.45, 7) is 4.51. The summed E-state index contributed by atoms with van der Waals surface area (Å²) >= 11 is 3.84. The van der Waals surface area contributed by atoms with Crippen LogP contribution in [0.2, 0.25) is 0 Å². The third-order valence-electron chi connectivity index (χ3n) is 6.50. The molecule has 6 nitrogen and oxygen atoms in total. The van der Waals surface area contributed by atoms with Crippen molar-refractivity contribution in [1.29, 1.82) is 0 Å². The summed E-state index contributed by atoms with van der Waals surface area (Å²) in [7, 11) is 0. The highest BCUT2D eigenvalue weighted by atomic mass is 79.9. The van der Waals surface area contributed by atoms with Gasteiger partial charge in [-0.2, -0.15) is 0 Å². The number of benzene rings is 1. The minimum absolute atomic E-state index is 0.0530. The Morgan fingerprint density at radius 3 is 2.53 bits per heavy atom. The van der Waals surface area contributed by atoms with Crippen molar-refractivity contribution in [3.8, 4) is 0 Å². The van der Waals surface area contributed by atoms with Crippen molar-refractivity contribution >= 4 is 27.8 Å². The molecular formula is C23H30BrNO5. The molecule has 164 valence electrons. The number of likely N-dealkylation sites (tertiary alicyclic amines) is 1. The fourth-order valence-electron chi connectivity index (χ4n) is 5.10. The zero-order valence-corrected chi connectivity index (χ0v) is 19.2. The predicted molar refractivity (Wildman–Crippen MR) is 115 cm³/mol. The van der Waals surface area contributed by atoms with Gasteiger partial charge in [0, 0.05) is 19.4 Å². The maximum Gasteiger partial charge on any atom is 0.307 e. The van der Waals surface area contributed by atoms with Gasteiger partial charge in [-0.3, -0.25) is 9.59 Å². The number of β-lactam (4-membered cyclic amide) rings is 1. The predicted octanol–water partition coefficient (Wildman–Crippen LogP) is 4.12. The van der Waals surface area contributed by atoms with Crippen LogP contribution >= 0.6 is 15.9 Å². The number of esters is 1. The van der Waals surface area contributed by atoms with Crippen molar-refractivity contribution in [2.45, 2.75) is 80.7 Å². The highest BCUT2D eigenvalue weighted by Crippen LogP contribution is 2.57. The molecule has 1 saturated carbocycles. The van der Waals surface area contributed by atoms with Crippen molar-refractivity contribution in [2.24, 2.45) is 0 Å². The minimum atomic E-state index is -0.907. The molecule has 0 unspecified atom stereocenters. The second kappa shape index (κ2) is 8.60. The van der Waals surface area contributed by atoms with E-state index in [1.54, 1.807) is 11.8 Å². The summed E-state index contributed by atoms with van der Waals surface area (Å²) in [6.07, 6.45) is 4.34. The summed E-state index contributed by atoms with van der Waals surface area (Å²) in [4.78, 5) is 27.1. The lowest BCUT2D eigenvalue weighted by atomic mass is 9.76. The molecule has 2 saturated heterocycles. The Bertz CT molecular complexity index is 781. The zero-order valence-electron chi connectivity index (χ0n) is 17.6. The molecule has 0 aromatic heterocycles. The van der Waals surface area contributed by atoms with Crippen LogP contribution in [0.1, 0.15) is 64.0 Å². The van der Waals surface area contributed by atoms with Crippen LogP contribution in [-0.2, 0) is 23.8 Å². The Hall–Kier alpha value is -1.44. The first-order chi connectivity index (χ1) is 14.4. The van der Waals surface area contributed by atoms with Gasteiger partial charge in [-0.1, -0.05) is 53.2 Å². The highest BCUT2D eigenvalue weighted by molar-refractivity contribution is 9.10. The Labute approximate surface area is 186 Å². The maximum absolute atomic E-state index is 13.5. The summed E-state index contributed by atoms with van der Waals surface area (Å²) in [6, 6.07) is 9.70. The third-order valence-corrected chi connectivity index (χ3v) is 7.73. The van der Waals surface area contributed by atoms with E-state index in [2.05, 4.69) is 22.9 Å². The van der Waals surface area contributed by atoms with E-state index < -0.39 is 10.1 Å². The summed E-state index contributed by atoms with van der Waals surface area (Å²) in [5, 5.41) is 0. The quantitative estimate of drug-likeness (QED) is 0.334. The summed E-state index contributed by atoms with van der Waals surface area (Å²) in [5.41, 5.74) is 1.02. The number of amides is 1. The van der Waals surface area contributed by atoms with Crippen LogP contribution in [-0.4, -0.2) is 52.2 Å². The van der Waals surface area contributed by atoms with Crippen molar-refractivity contribution < 1.29 is 23.8 Å². The van der Waals surface area contributed by atoms with Gasteiger partial charge < -0.3 is 19.1 Å². The molecule has 1 aromatic carbocycles. The molecular weight excluding hydrogens is 450 g/mol. The normalized spacial score (nSPS) is 32.4. The molecule has 3 aliphatic rings. The van der Waals surface area contributed by atoms with E-state index in [9.17, 15) is 9.59 Å². The van der Waals surface area contributed by atoms with Gasteiger partial charge in [-0.25, -0.2) is 0 Å². The van der Waals surface area contributed by atoms with Crippen molar-refractivity contribution in [1.82, 2.24) is 4.90 Å². The number of nitrogens with zero attached hydrogens (tertiary/aromatic N) is 1. The second-order valence-corrected chi connectivity index (χ2v) is 9.67. The molecule has 30 heavy (non-hydrogen) atoms. The molecule has 0 N–H and O–H groups in total. The van der Waals surface area contributed by atoms with Crippen LogP contribution in [0.15, 0.2) is 30.3 Å². The molecule has 1 amide bonds. The molecule has 0 bridgehead atoms. The Balaban J connectivity index is 1.62. The van der Waals surface area contributed by atoms with Gasteiger partial charge in [-0.05, 0) is 31.7 Å². The molecule has 1 aliphatic carbocycles. The van der Waals surface area contributed by atoms with Crippen molar-refractivity contribution in [2.75, 3.05) is 13.2 Å². The lowest BCUT2D eigenvalue weighted by molar-refractivity contribution is -0.184. The maximum atomic E-state index is 13.5. The highest BCUT2D eigenvalue weighted by Gasteiger charge is 2.69. The topological polar surface area (TPSA) is 65.1 Å². The molecule has 0 radical (unpaired) electrons. The Morgan fingerprint density at radius 2 is 1.90 bits per heavy atom. The van der Waals surface area contributed by atoms with E-state index in [1.165, 1.54) is 0 Å². The van der Waals surface area contributed by atoms with Crippen LogP contribution in [0.25, 0.3) is 0 Å². The van der Waals surface area contributed by atoms with Gasteiger partial charge >= 0.3 is 5.97 Å². The van der Waals surface area contributed by atoms with Crippen molar-refractivity contribution in [3.05, 3.63) is 35.9 Å². The third kappa shape index (κ3) is 3.59. The molecule has 2 aliphatic heterocycles. The number of carbonyl (C=O) groups excluding carboxylic acids is 2. The second-order valence-electron chi connectivity index (χ2n) is 8.36. The number of alkyl halides is 1. The van der Waals surface area contributed by atoms with Crippen LogP contribution in [0.4, 0.5) is 0 Å². The lowest BCUT2D eigenvalue weighted by Crippen LogP contribution is -2.71.